The molecule has 0 radical (unpaired) electrons. The molecule has 33 heavy (non-hydrogen) atoms. The van der Waals surface area contributed by atoms with Crippen molar-refractivity contribution in [2.24, 2.45) is 0 Å². The lowest BCUT2D eigenvalue weighted by atomic mass is 9.90. The molecule has 0 atom stereocenters. The van der Waals surface area contributed by atoms with Crippen LogP contribution in [0, 0.1) is 0 Å². The van der Waals surface area contributed by atoms with Crippen molar-refractivity contribution in [3.63, 3.8) is 0 Å². The van der Waals surface area contributed by atoms with Gasteiger partial charge in [-0.15, -0.1) is 0 Å². The Balaban J connectivity index is 1.32. The van der Waals surface area contributed by atoms with Crippen molar-refractivity contribution in [3.8, 4) is 0 Å². The monoisotopic (exact) mass is 515 g/mol. The summed E-state index contributed by atoms with van der Waals surface area (Å²) in [6.07, 6.45) is 8.19. The van der Waals surface area contributed by atoms with Gasteiger partial charge in [-0.1, -0.05) is 15.9 Å². The molecule has 1 aliphatic carbocycles. The number of hydrogen-bond donors (Lipinski definition) is 3. The van der Waals surface area contributed by atoms with Gasteiger partial charge in [0, 0.05) is 41.2 Å². The number of aromatic nitrogens is 4. The fourth-order valence-corrected chi connectivity index (χ4v) is 5.13. The number of morpholine rings is 1. The highest BCUT2D eigenvalue weighted by atomic mass is 79.9. The summed E-state index contributed by atoms with van der Waals surface area (Å²) >= 11 is 3.59. The van der Waals surface area contributed by atoms with E-state index in [0.29, 0.717) is 24.6 Å². The second kappa shape index (κ2) is 10.3. The molecule has 176 valence electrons. The lowest BCUT2D eigenvalue weighted by Crippen LogP contribution is -2.46. The average Bonchev–Trinajstić information content (AvgIpc) is 3.27. The number of rotatable bonds is 7. The standard InChI is InChI=1S/C23H30BrN7O2/c24-16-1-6-21-20(13-16)22(29-23(28-21)27-18-14-25-31(15-18)7-10-32)26-17-2-4-19(5-3-17)30-8-11-33-12-9-30/h1,6,13-15,17,19,32H,2-5,7-12H2,(H2,26,27,28,29)/t17-,19-. The zero-order valence-corrected chi connectivity index (χ0v) is 20.2. The summed E-state index contributed by atoms with van der Waals surface area (Å²) in [4.78, 5) is 12.1. The second-order valence-electron chi connectivity index (χ2n) is 8.70. The lowest BCUT2D eigenvalue weighted by molar-refractivity contribution is 0.00791. The van der Waals surface area contributed by atoms with Crippen molar-refractivity contribution in [2.45, 2.75) is 44.3 Å². The van der Waals surface area contributed by atoms with E-state index in [0.717, 1.165) is 66.0 Å². The molecule has 3 aromatic rings. The molecule has 5 rings (SSSR count). The van der Waals surface area contributed by atoms with Crippen molar-refractivity contribution in [1.82, 2.24) is 24.6 Å². The number of anilines is 3. The van der Waals surface area contributed by atoms with E-state index in [2.05, 4.69) is 42.6 Å². The van der Waals surface area contributed by atoms with E-state index < -0.39 is 0 Å². The first-order valence-corrected chi connectivity index (χ1v) is 12.4. The second-order valence-corrected chi connectivity index (χ2v) is 9.61. The van der Waals surface area contributed by atoms with Crippen molar-refractivity contribution < 1.29 is 9.84 Å². The van der Waals surface area contributed by atoms with Crippen LogP contribution >= 0.6 is 15.9 Å². The highest BCUT2D eigenvalue weighted by Gasteiger charge is 2.27. The molecular formula is C23H30BrN7O2. The first kappa shape index (κ1) is 22.5. The van der Waals surface area contributed by atoms with Gasteiger partial charge in [0.15, 0.2) is 0 Å². The summed E-state index contributed by atoms with van der Waals surface area (Å²) in [5.41, 5.74) is 1.67. The molecule has 10 heteroatoms. The fourth-order valence-electron chi connectivity index (χ4n) is 4.77. The third-order valence-corrected chi connectivity index (χ3v) is 6.97. The number of hydrogen-bond acceptors (Lipinski definition) is 8. The van der Waals surface area contributed by atoms with Crippen LogP contribution in [0.15, 0.2) is 35.1 Å². The predicted octanol–water partition coefficient (Wildman–Crippen LogP) is 3.38. The summed E-state index contributed by atoms with van der Waals surface area (Å²) in [6, 6.07) is 7.12. The molecule has 1 saturated carbocycles. The summed E-state index contributed by atoms with van der Waals surface area (Å²) in [5, 5.41) is 21.3. The molecule has 3 N–H and O–H groups in total. The van der Waals surface area contributed by atoms with E-state index in [1.54, 1.807) is 10.9 Å². The molecule has 2 aromatic heterocycles. The Morgan fingerprint density at radius 1 is 1.12 bits per heavy atom. The van der Waals surface area contributed by atoms with E-state index in [1.165, 1.54) is 12.8 Å². The summed E-state index contributed by atoms with van der Waals surface area (Å²) in [5.74, 6) is 1.37. The number of aliphatic hydroxyl groups is 1. The van der Waals surface area contributed by atoms with Gasteiger partial charge in [0.05, 0.1) is 43.8 Å². The third-order valence-electron chi connectivity index (χ3n) is 6.48. The minimum atomic E-state index is 0.0460. The minimum absolute atomic E-state index is 0.0460. The topological polar surface area (TPSA) is 100 Å². The maximum atomic E-state index is 9.12. The van der Waals surface area contributed by atoms with Gasteiger partial charge in [-0.2, -0.15) is 10.1 Å². The van der Waals surface area contributed by atoms with Crippen LogP contribution in [0.2, 0.25) is 0 Å². The number of halogens is 1. The summed E-state index contributed by atoms with van der Waals surface area (Å²) in [7, 11) is 0. The van der Waals surface area contributed by atoms with Gasteiger partial charge in [0.2, 0.25) is 5.95 Å². The number of aliphatic hydroxyl groups excluding tert-OH is 1. The predicted molar refractivity (Wildman–Crippen MR) is 132 cm³/mol. The van der Waals surface area contributed by atoms with Gasteiger partial charge in [-0.05, 0) is 43.9 Å². The Labute approximate surface area is 201 Å². The number of fused-ring (bicyclic) bond motifs is 1. The first-order valence-electron chi connectivity index (χ1n) is 11.6. The van der Waals surface area contributed by atoms with Gasteiger partial charge in [0.25, 0.3) is 0 Å². The van der Waals surface area contributed by atoms with Crippen LogP contribution in [0.1, 0.15) is 25.7 Å². The van der Waals surface area contributed by atoms with E-state index in [1.807, 2.05) is 18.3 Å². The largest absolute Gasteiger partial charge is 0.394 e. The van der Waals surface area contributed by atoms with Crippen molar-refractivity contribution in [3.05, 3.63) is 35.1 Å². The van der Waals surface area contributed by atoms with Crippen molar-refractivity contribution >= 4 is 44.3 Å². The van der Waals surface area contributed by atoms with Crippen LogP contribution in [0.25, 0.3) is 10.9 Å². The van der Waals surface area contributed by atoms with Crippen LogP contribution < -0.4 is 10.6 Å². The Bertz CT molecular complexity index is 1080. The maximum absolute atomic E-state index is 9.12. The molecule has 2 fully saturated rings. The quantitative estimate of drug-likeness (QED) is 0.440. The smallest absolute Gasteiger partial charge is 0.229 e. The van der Waals surface area contributed by atoms with Crippen LogP contribution in [-0.4, -0.2) is 74.7 Å². The van der Waals surface area contributed by atoms with Gasteiger partial charge < -0.3 is 20.5 Å². The molecular weight excluding hydrogens is 486 g/mol. The van der Waals surface area contributed by atoms with E-state index in [9.17, 15) is 0 Å². The van der Waals surface area contributed by atoms with Crippen molar-refractivity contribution in [1.29, 1.82) is 0 Å². The average molecular weight is 516 g/mol. The fraction of sp³-hybridized carbons (Fsp3) is 0.522. The summed E-state index contributed by atoms with van der Waals surface area (Å²) in [6.45, 7) is 4.32. The summed E-state index contributed by atoms with van der Waals surface area (Å²) < 4.78 is 8.20. The Morgan fingerprint density at radius 3 is 2.73 bits per heavy atom. The van der Waals surface area contributed by atoms with Gasteiger partial charge in [-0.25, -0.2) is 4.98 Å². The van der Waals surface area contributed by atoms with Crippen LogP contribution in [0.3, 0.4) is 0 Å². The highest BCUT2D eigenvalue weighted by molar-refractivity contribution is 9.10. The minimum Gasteiger partial charge on any atom is -0.394 e. The van der Waals surface area contributed by atoms with E-state index in [4.69, 9.17) is 19.8 Å². The highest BCUT2D eigenvalue weighted by Crippen LogP contribution is 2.30. The van der Waals surface area contributed by atoms with Gasteiger partial charge in [-0.3, -0.25) is 9.58 Å². The zero-order valence-electron chi connectivity index (χ0n) is 18.6. The first-order chi connectivity index (χ1) is 16.2. The molecule has 3 heterocycles. The van der Waals surface area contributed by atoms with E-state index in [-0.39, 0.29) is 6.61 Å². The molecule has 1 aliphatic heterocycles. The SMILES string of the molecule is OCCn1cc(Nc2nc(N[C@H]3CC[C@H](N4CCOCC4)CC3)c3cc(Br)ccc3n2)cn1. The van der Waals surface area contributed by atoms with Crippen LogP contribution in [0.5, 0.6) is 0 Å². The Hall–Kier alpha value is -2.27. The number of nitrogens with one attached hydrogen (secondary N) is 2. The number of ether oxygens (including phenoxy) is 1. The van der Waals surface area contributed by atoms with Gasteiger partial charge >= 0.3 is 0 Å². The molecule has 0 amide bonds. The van der Waals surface area contributed by atoms with Crippen LogP contribution in [-0.2, 0) is 11.3 Å². The zero-order chi connectivity index (χ0) is 22.6. The molecule has 0 bridgehead atoms. The van der Waals surface area contributed by atoms with E-state index >= 15 is 0 Å². The molecule has 1 saturated heterocycles. The molecule has 1 aromatic carbocycles. The molecule has 0 unspecified atom stereocenters. The Morgan fingerprint density at radius 2 is 1.94 bits per heavy atom. The molecule has 9 nitrogen and oxygen atoms in total. The molecule has 2 aliphatic rings. The number of benzene rings is 1. The molecule has 0 spiro atoms. The van der Waals surface area contributed by atoms with Crippen LogP contribution in [0.4, 0.5) is 17.5 Å². The Kier molecular flexibility index (Phi) is 7.05. The van der Waals surface area contributed by atoms with Crippen molar-refractivity contribution in [2.75, 3.05) is 43.5 Å². The third kappa shape index (κ3) is 5.46. The number of nitrogens with zero attached hydrogens (tertiary/aromatic N) is 5. The lowest BCUT2D eigenvalue weighted by Gasteiger charge is -2.39. The van der Waals surface area contributed by atoms with Gasteiger partial charge in [0.1, 0.15) is 5.82 Å². The maximum Gasteiger partial charge on any atom is 0.229 e. The normalized spacial score (nSPS) is 21.9.